The van der Waals surface area contributed by atoms with E-state index in [1.165, 1.54) is 0 Å². The van der Waals surface area contributed by atoms with Crippen molar-refractivity contribution in [3.05, 3.63) is 18.3 Å². The Labute approximate surface area is 96.6 Å². The highest BCUT2D eigenvalue weighted by atomic mass is 16.5. The Morgan fingerprint density at radius 3 is 2.50 bits per heavy atom. The Bertz CT molecular complexity index is 329. The van der Waals surface area contributed by atoms with E-state index in [1.54, 1.807) is 0 Å². The highest BCUT2D eigenvalue weighted by Gasteiger charge is 2.22. The van der Waals surface area contributed by atoms with E-state index in [-0.39, 0.29) is 12.2 Å². The molecule has 1 aromatic rings. The van der Waals surface area contributed by atoms with E-state index >= 15 is 0 Å². The molecule has 1 N–H and O–H groups in total. The first-order valence-corrected chi connectivity index (χ1v) is 5.73. The summed E-state index contributed by atoms with van der Waals surface area (Å²) in [7, 11) is 1.90. The monoisotopic (exact) mass is 221 g/mol. The first-order chi connectivity index (χ1) is 7.69. The van der Waals surface area contributed by atoms with Crippen molar-refractivity contribution in [3.63, 3.8) is 0 Å². The van der Waals surface area contributed by atoms with Crippen LogP contribution in [0.3, 0.4) is 0 Å². The number of rotatable bonds is 2. The van der Waals surface area contributed by atoms with Gasteiger partial charge in [0.2, 0.25) is 0 Å². The van der Waals surface area contributed by atoms with E-state index in [4.69, 9.17) is 4.74 Å². The van der Waals surface area contributed by atoms with E-state index in [1.807, 2.05) is 19.3 Å². The SMILES string of the molecule is CNc1ccc(N2C[C@@H](C)O[C@@H](C)C2)nc1. The van der Waals surface area contributed by atoms with E-state index in [2.05, 4.69) is 35.1 Å². The molecule has 1 aromatic heterocycles. The van der Waals surface area contributed by atoms with Crippen LogP contribution in [0.25, 0.3) is 0 Å². The van der Waals surface area contributed by atoms with Gasteiger partial charge in [-0.2, -0.15) is 0 Å². The molecule has 1 aliphatic heterocycles. The first-order valence-electron chi connectivity index (χ1n) is 5.73. The van der Waals surface area contributed by atoms with Crippen LogP contribution in [0.1, 0.15) is 13.8 Å². The highest BCUT2D eigenvalue weighted by Crippen LogP contribution is 2.19. The third-order valence-corrected chi connectivity index (χ3v) is 2.78. The lowest BCUT2D eigenvalue weighted by Gasteiger charge is -2.36. The second kappa shape index (κ2) is 4.70. The van der Waals surface area contributed by atoms with Crippen molar-refractivity contribution in [2.45, 2.75) is 26.1 Å². The summed E-state index contributed by atoms with van der Waals surface area (Å²) >= 11 is 0. The molecule has 0 saturated carbocycles. The van der Waals surface area contributed by atoms with Gasteiger partial charge in [0.1, 0.15) is 5.82 Å². The van der Waals surface area contributed by atoms with Crippen molar-refractivity contribution in [3.8, 4) is 0 Å². The van der Waals surface area contributed by atoms with Crippen molar-refractivity contribution in [2.24, 2.45) is 0 Å². The molecule has 1 fully saturated rings. The van der Waals surface area contributed by atoms with Crippen molar-refractivity contribution in [1.29, 1.82) is 0 Å². The Balaban J connectivity index is 2.10. The lowest BCUT2D eigenvalue weighted by Crippen LogP contribution is -2.45. The van der Waals surface area contributed by atoms with Gasteiger partial charge in [-0.25, -0.2) is 4.98 Å². The number of hydrogen-bond donors (Lipinski definition) is 1. The second-order valence-electron chi connectivity index (χ2n) is 4.32. The number of hydrogen-bond acceptors (Lipinski definition) is 4. The summed E-state index contributed by atoms with van der Waals surface area (Å²) in [6, 6.07) is 4.10. The zero-order valence-electron chi connectivity index (χ0n) is 10.1. The van der Waals surface area contributed by atoms with Gasteiger partial charge >= 0.3 is 0 Å². The second-order valence-corrected chi connectivity index (χ2v) is 4.32. The Hall–Kier alpha value is -1.29. The summed E-state index contributed by atoms with van der Waals surface area (Å²) < 4.78 is 5.70. The standard InChI is InChI=1S/C12H19N3O/c1-9-7-15(8-10(2)16-9)12-5-4-11(13-3)6-14-12/h4-6,9-10,13H,7-8H2,1-3H3/t9-,10+. The Kier molecular flexibility index (Phi) is 3.29. The van der Waals surface area contributed by atoms with Crippen molar-refractivity contribution in [2.75, 3.05) is 30.4 Å². The zero-order valence-corrected chi connectivity index (χ0v) is 10.1. The van der Waals surface area contributed by atoms with Crippen LogP contribution >= 0.6 is 0 Å². The number of nitrogens with one attached hydrogen (secondary N) is 1. The smallest absolute Gasteiger partial charge is 0.128 e. The third-order valence-electron chi connectivity index (χ3n) is 2.78. The fourth-order valence-electron chi connectivity index (χ4n) is 2.09. The maximum absolute atomic E-state index is 5.70. The predicted octanol–water partition coefficient (Wildman–Crippen LogP) is 1.74. The molecule has 0 bridgehead atoms. The van der Waals surface area contributed by atoms with Crippen LogP contribution in [0.2, 0.25) is 0 Å². The number of aromatic nitrogens is 1. The van der Waals surface area contributed by atoms with Gasteiger partial charge in [-0.15, -0.1) is 0 Å². The van der Waals surface area contributed by atoms with E-state index in [0.29, 0.717) is 0 Å². The summed E-state index contributed by atoms with van der Waals surface area (Å²) in [5.74, 6) is 1.03. The summed E-state index contributed by atoms with van der Waals surface area (Å²) in [5.41, 5.74) is 1.04. The number of anilines is 2. The molecule has 1 aliphatic rings. The molecule has 2 heterocycles. The predicted molar refractivity (Wildman–Crippen MR) is 66.0 cm³/mol. The zero-order chi connectivity index (χ0) is 11.5. The summed E-state index contributed by atoms with van der Waals surface area (Å²) in [5, 5.41) is 3.07. The van der Waals surface area contributed by atoms with Crippen LogP contribution in [-0.2, 0) is 4.74 Å². The van der Waals surface area contributed by atoms with Gasteiger partial charge in [-0.05, 0) is 26.0 Å². The fourth-order valence-corrected chi connectivity index (χ4v) is 2.09. The summed E-state index contributed by atoms with van der Waals surface area (Å²) in [6.07, 6.45) is 2.41. The van der Waals surface area contributed by atoms with E-state index in [0.717, 1.165) is 24.6 Å². The van der Waals surface area contributed by atoms with Gasteiger partial charge in [-0.1, -0.05) is 0 Å². The summed E-state index contributed by atoms with van der Waals surface area (Å²) in [4.78, 5) is 6.73. The minimum atomic E-state index is 0.273. The molecule has 4 heteroatoms. The molecule has 0 radical (unpaired) electrons. The topological polar surface area (TPSA) is 37.4 Å². The molecule has 88 valence electrons. The van der Waals surface area contributed by atoms with Crippen molar-refractivity contribution < 1.29 is 4.74 Å². The van der Waals surface area contributed by atoms with E-state index < -0.39 is 0 Å². The first kappa shape index (κ1) is 11.2. The Morgan fingerprint density at radius 1 is 1.31 bits per heavy atom. The fraction of sp³-hybridized carbons (Fsp3) is 0.583. The Morgan fingerprint density at radius 2 is 2.00 bits per heavy atom. The van der Waals surface area contributed by atoms with Gasteiger partial charge in [0.25, 0.3) is 0 Å². The van der Waals surface area contributed by atoms with Crippen LogP contribution in [0.4, 0.5) is 11.5 Å². The number of nitrogens with zero attached hydrogens (tertiary/aromatic N) is 2. The van der Waals surface area contributed by atoms with Gasteiger partial charge in [0.15, 0.2) is 0 Å². The van der Waals surface area contributed by atoms with E-state index in [9.17, 15) is 0 Å². The van der Waals surface area contributed by atoms with Gasteiger partial charge in [0, 0.05) is 20.1 Å². The minimum absolute atomic E-state index is 0.273. The van der Waals surface area contributed by atoms with Crippen LogP contribution in [0.15, 0.2) is 18.3 Å². The normalized spacial score (nSPS) is 25.6. The van der Waals surface area contributed by atoms with Gasteiger partial charge in [-0.3, -0.25) is 0 Å². The molecular weight excluding hydrogens is 202 g/mol. The van der Waals surface area contributed by atoms with Crippen molar-refractivity contribution in [1.82, 2.24) is 4.98 Å². The maximum atomic E-state index is 5.70. The molecule has 0 unspecified atom stereocenters. The molecule has 2 atom stereocenters. The number of pyridine rings is 1. The molecule has 0 spiro atoms. The number of ether oxygens (including phenoxy) is 1. The van der Waals surface area contributed by atoms with Crippen molar-refractivity contribution >= 4 is 11.5 Å². The van der Waals surface area contributed by atoms with Crippen LogP contribution in [-0.4, -0.2) is 37.3 Å². The van der Waals surface area contributed by atoms with Crippen LogP contribution in [0, 0.1) is 0 Å². The largest absolute Gasteiger partial charge is 0.387 e. The minimum Gasteiger partial charge on any atom is -0.387 e. The molecule has 2 rings (SSSR count). The lowest BCUT2D eigenvalue weighted by molar-refractivity contribution is -0.00545. The van der Waals surface area contributed by atoms with Gasteiger partial charge < -0.3 is 15.0 Å². The van der Waals surface area contributed by atoms with Crippen LogP contribution < -0.4 is 10.2 Å². The molecule has 0 aromatic carbocycles. The molecule has 4 nitrogen and oxygen atoms in total. The van der Waals surface area contributed by atoms with Crippen LogP contribution in [0.5, 0.6) is 0 Å². The molecule has 0 aliphatic carbocycles. The van der Waals surface area contributed by atoms with Gasteiger partial charge in [0.05, 0.1) is 24.1 Å². The lowest BCUT2D eigenvalue weighted by atomic mass is 10.2. The average Bonchev–Trinajstić information content (AvgIpc) is 2.28. The third kappa shape index (κ3) is 2.44. The maximum Gasteiger partial charge on any atom is 0.128 e. The average molecular weight is 221 g/mol. The highest BCUT2D eigenvalue weighted by molar-refractivity contribution is 5.48. The number of morpholine rings is 1. The molecule has 1 saturated heterocycles. The molecule has 16 heavy (non-hydrogen) atoms. The quantitative estimate of drug-likeness (QED) is 0.825. The molecule has 0 amide bonds. The molecular formula is C12H19N3O. The summed E-state index contributed by atoms with van der Waals surface area (Å²) in [6.45, 7) is 6.03.